The van der Waals surface area contributed by atoms with E-state index in [0.717, 1.165) is 10.0 Å². The predicted octanol–water partition coefficient (Wildman–Crippen LogP) is 3.52. The van der Waals surface area contributed by atoms with Gasteiger partial charge in [-0.3, -0.25) is 4.79 Å². The zero-order valence-corrected chi connectivity index (χ0v) is 14.5. The van der Waals surface area contributed by atoms with Crippen molar-refractivity contribution in [3.63, 3.8) is 0 Å². The number of halogens is 2. The number of amides is 1. The number of carbonyl (C=O) groups excluding carboxylic acids is 1. The minimum atomic E-state index is -0.358. The van der Waals surface area contributed by atoms with Gasteiger partial charge in [-0.05, 0) is 43.0 Å². The summed E-state index contributed by atoms with van der Waals surface area (Å²) in [5.41, 5.74) is 6.44. The Morgan fingerprint density at radius 3 is 2.70 bits per heavy atom. The molecule has 1 aromatic carbocycles. The van der Waals surface area contributed by atoms with Gasteiger partial charge in [-0.15, -0.1) is 0 Å². The highest BCUT2D eigenvalue weighted by Gasteiger charge is 2.28. The van der Waals surface area contributed by atoms with Crippen LogP contribution >= 0.6 is 27.5 Å². The van der Waals surface area contributed by atoms with Crippen LogP contribution in [0.3, 0.4) is 0 Å². The van der Waals surface area contributed by atoms with Crippen LogP contribution in [-0.2, 0) is 11.2 Å². The summed E-state index contributed by atoms with van der Waals surface area (Å²) in [6, 6.07) is 5.59. The Balaban J connectivity index is 2.62. The van der Waals surface area contributed by atoms with E-state index in [2.05, 4.69) is 35.1 Å². The molecule has 3 nitrogen and oxygen atoms in total. The highest BCUT2D eigenvalue weighted by molar-refractivity contribution is 9.10. The number of hydrogen-bond acceptors (Lipinski definition) is 2. The standard InChI is InChI=1S/C15H22BrClN2O/c1-10(2)15(3,9-18)19-14(20)7-4-11-8-12(17)5-6-13(11)16/h5-6,8,10H,4,7,9,18H2,1-3H3,(H,19,20). The largest absolute Gasteiger partial charge is 0.349 e. The van der Waals surface area contributed by atoms with Gasteiger partial charge in [0.1, 0.15) is 0 Å². The molecule has 3 N–H and O–H groups in total. The first-order valence-corrected chi connectivity index (χ1v) is 7.90. The van der Waals surface area contributed by atoms with Gasteiger partial charge >= 0.3 is 0 Å². The van der Waals surface area contributed by atoms with Crippen molar-refractivity contribution in [1.82, 2.24) is 5.32 Å². The minimum absolute atomic E-state index is 0.0125. The fraction of sp³-hybridized carbons (Fsp3) is 0.533. The SMILES string of the molecule is CC(C)C(C)(CN)NC(=O)CCc1cc(Cl)ccc1Br. The molecule has 0 fully saturated rings. The van der Waals surface area contributed by atoms with Gasteiger partial charge in [-0.25, -0.2) is 0 Å². The van der Waals surface area contributed by atoms with E-state index in [9.17, 15) is 4.79 Å². The maximum atomic E-state index is 12.1. The fourth-order valence-corrected chi connectivity index (χ4v) is 2.43. The lowest BCUT2D eigenvalue weighted by Gasteiger charge is -2.33. The van der Waals surface area contributed by atoms with Gasteiger partial charge in [0, 0.05) is 22.5 Å². The molecule has 1 amide bonds. The third-order valence-electron chi connectivity index (χ3n) is 3.75. The van der Waals surface area contributed by atoms with E-state index >= 15 is 0 Å². The molecule has 1 atom stereocenters. The Hall–Kier alpha value is -0.580. The van der Waals surface area contributed by atoms with E-state index in [1.165, 1.54) is 0 Å². The van der Waals surface area contributed by atoms with Crippen molar-refractivity contribution >= 4 is 33.4 Å². The van der Waals surface area contributed by atoms with Gasteiger partial charge in [0.25, 0.3) is 0 Å². The molecule has 0 heterocycles. The first-order valence-electron chi connectivity index (χ1n) is 6.73. The van der Waals surface area contributed by atoms with E-state index in [1.807, 2.05) is 25.1 Å². The zero-order chi connectivity index (χ0) is 15.3. The summed E-state index contributed by atoms with van der Waals surface area (Å²) in [4.78, 5) is 12.1. The highest BCUT2D eigenvalue weighted by Crippen LogP contribution is 2.22. The third-order valence-corrected chi connectivity index (χ3v) is 4.76. The van der Waals surface area contributed by atoms with Crippen LogP contribution in [0.25, 0.3) is 0 Å². The molecule has 0 bridgehead atoms. The molecule has 0 saturated heterocycles. The van der Waals surface area contributed by atoms with Crippen LogP contribution < -0.4 is 11.1 Å². The molecule has 0 radical (unpaired) electrons. The smallest absolute Gasteiger partial charge is 0.220 e. The van der Waals surface area contributed by atoms with Crippen LogP contribution in [0.5, 0.6) is 0 Å². The maximum absolute atomic E-state index is 12.1. The maximum Gasteiger partial charge on any atom is 0.220 e. The zero-order valence-electron chi connectivity index (χ0n) is 12.2. The van der Waals surface area contributed by atoms with Gasteiger partial charge in [0.2, 0.25) is 5.91 Å². The second kappa shape index (κ2) is 7.43. The Bertz CT molecular complexity index is 479. The number of nitrogens with two attached hydrogens (primary N) is 1. The summed E-state index contributed by atoms with van der Waals surface area (Å²) in [7, 11) is 0. The summed E-state index contributed by atoms with van der Waals surface area (Å²) in [5.74, 6) is 0.299. The van der Waals surface area contributed by atoms with E-state index in [4.69, 9.17) is 17.3 Å². The second-order valence-corrected chi connectivity index (χ2v) is 6.85. The van der Waals surface area contributed by atoms with E-state index in [1.54, 1.807) is 0 Å². The third kappa shape index (κ3) is 4.76. The Labute approximate surface area is 134 Å². The molecule has 0 aromatic heterocycles. The Morgan fingerprint density at radius 2 is 2.15 bits per heavy atom. The Morgan fingerprint density at radius 1 is 1.50 bits per heavy atom. The van der Waals surface area contributed by atoms with Crippen LogP contribution in [0.1, 0.15) is 32.8 Å². The number of benzene rings is 1. The summed E-state index contributed by atoms with van der Waals surface area (Å²) in [6.07, 6.45) is 1.06. The molecule has 1 unspecified atom stereocenters. The summed E-state index contributed by atoms with van der Waals surface area (Å²) >= 11 is 9.43. The molecule has 0 aliphatic heterocycles. The monoisotopic (exact) mass is 360 g/mol. The first kappa shape index (κ1) is 17.5. The molecule has 112 valence electrons. The van der Waals surface area contributed by atoms with Crippen LogP contribution in [0, 0.1) is 5.92 Å². The van der Waals surface area contributed by atoms with E-state index < -0.39 is 0 Å². The summed E-state index contributed by atoms with van der Waals surface area (Å²) < 4.78 is 0.972. The van der Waals surface area contributed by atoms with Crippen molar-refractivity contribution in [2.75, 3.05) is 6.54 Å². The van der Waals surface area contributed by atoms with Gasteiger partial charge in [0.05, 0.1) is 5.54 Å². The average Bonchev–Trinajstić information content (AvgIpc) is 2.39. The summed E-state index contributed by atoms with van der Waals surface area (Å²) in [6.45, 7) is 6.52. The molecular formula is C15H22BrClN2O. The van der Waals surface area contributed by atoms with Gasteiger partial charge in [-0.1, -0.05) is 41.4 Å². The molecule has 0 aliphatic rings. The summed E-state index contributed by atoms with van der Waals surface area (Å²) in [5, 5.41) is 3.71. The van der Waals surface area contributed by atoms with Crippen molar-refractivity contribution in [2.45, 2.75) is 39.2 Å². The Kier molecular flexibility index (Phi) is 6.49. The van der Waals surface area contributed by atoms with Crippen molar-refractivity contribution in [3.8, 4) is 0 Å². The molecule has 20 heavy (non-hydrogen) atoms. The van der Waals surface area contributed by atoms with E-state index in [-0.39, 0.29) is 17.4 Å². The molecule has 1 aromatic rings. The van der Waals surface area contributed by atoms with Crippen LogP contribution in [0.15, 0.2) is 22.7 Å². The van der Waals surface area contributed by atoms with Crippen LogP contribution in [-0.4, -0.2) is 18.0 Å². The van der Waals surface area contributed by atoms with Crippen LogP contribution in [0.4, 0.5) is 0 Å². The fourth-order valence-electron chi connectivity index (χ4n) is 1.80. The molecule has 5 heteroatoms. The van der Waals surface area contributed by atoms with Crippen molar-refractivity contribution in [3.05, 3.63) is 33.3 Å². The lowest BCUT2D eigenvalue weighted by molar-refractivity contribution is -0.123. The predicted molar refractivity (Wildman–Crippen MR) is 87.9 cm³/mol. The number of nitrogens with one attached hydrogen (secondary N) is 1. The lowest BCUT2D eigenvalue weighted by Crippen LogP contribution is -2.55. The quantitative estimate of drug-likeness (QED) is 0.814. The van der Waals surface area contributed by atoms with Crippen molar-refractivity contribution in [2.24, 2.45) is 11.7 Å². The molecule has 1 rings (SSSR count). The number of hydrogen-bond donors (Lipinski definition) is 2. The van der Waals surface area contributed by atoms with Gasteiger partial charge in [-0.2, -0.15) is 0 Å². The van der Waals surface area contributed by atoms with Gasteiger partial charge in [0.15, 0.2) is 0 Å². The molecular weight excluding hydrogens is 340 g/mol. The van der Waals surface area contributed by atoms with Crippen molar-refractivity contribution < 1.29 is 4.79 Å². The minimum Gasteiger partial charge on any atom is -0.349 e. The topological polar surface area (TPSA) is 55.1 Å². The number of carbonyl (C=O) groups is 1. The van der Waals surface area contributed by atoms with Crippen molar-refractivity contribution in [1.29, 1.82) is 0 Å². The lowest BCUT2D eigenvalue weighted by atomic mass is 9.88. The highest BCUT2D eigenvalue weighted by atomic mass is 79.9. The van der Waals surface area contributed by atoms with Crippen LogP contribution in [0.2, 0.25) is 5.02 Å². The van der Waals surface area contributed by atoms with E-state index in [0.29, 0.717) is 24.4 Å². The number of aryl methyl sites for hydroxylation is 1. The van der Waals surface area contributed by atoms with Gasteiger partial charge < -0.3 is 11.1 Å². The first-order chi connectivity index (χ1) is 9.28. The molecule has 0 spiro atoms. The number of rotatable bonds is 6. The average molecular weight is 362 g/mol. The molecule has 0 saturated carbocycles. The second-order valence-electron chi connectivity index (χ2n) is 5.56. The molecule has 0 aliphatic carbocycles. The normalized spacial score (nSPS) is 14.2.